The lowest BCUT2D eigenvalue weighted by Gasteiger charge is -2.36. The molecular weight excluding hydrogens is 422 g/mol. The van der Waals surface area contributed by atoms with E-state index in [2.05, 4.69) is 14.5 Å². The van der Waals surface area contributed by atoms with Crippen molar-refractivity contribution in [3.63, 3.8) is 0 Å². The number of nitrogens with zero attached hydrogens (tertiary/aromatic N) is 2. The minimum Gasteiger partial charge on any atom is -0.478 e. The van der Waals surface area contributed by atoms with Crippen molar-refractivity contribution in [2.75, 3.05) is 42.3 Å². The Labute approximate surface area is 181 Å². The monoisotopic (exact) mass is 449 g/mol. The van der Waals surface area contributed by atoms with Crippen molar-refractivity contribution in [1.82, 2.24) is 4.90 Å². The van der Waals surface area contributed by atoms with Crippen LogP contribution in [0.4, 0.5) is 11.4 Å². The summed E-state index contributed by atoms with van der Waals surface area (Å²) >= 11 is 1.12. The summed E-state index contributed by atoms with van der Waals surface area (Å²) in [6, 6.07) is 7.99. The number of aromatic carboxylic acids is 1. The maximum absolute atomic E-state index is 12.5. The number of benzene rings is 1. The number of anilines is 2. The van der Waals surface area contributed by atoms with Crippen LogP contribution in [-0.4, -0.2) is 57.1 Å². The number of carboxylic acids is 1. The first-order chi connectivity index (χ1) is 14.4. The fourth-order valence-electron chi connectivity index (χ4n) is 4.43. The van der Waals surface area contributed by atoms with Crippen LogP contribution < -0.4 is 9.62 Å². The van der Waals surface area contributed by atoms with Gasteiger partial charge in [-0.05, 0) is 74.3 Å². The summed E-state index contributed by atoms with van der Waals surface area (Å²) in [7, 11) is -3.72. The third-order valence-corrected chi connectivity index (χ3v) is 8.59. The highest BCUT2D eigenvalue weighted by molar-refractivity contribution is 7.94. The first-order valence-electron chi connectivity index (χ1n) is 10.3. The number of hydrogen-bond acceptors (Lipinski definition) is 6. The van der Waals surface area contributed by atoms with Crippen molar-refractivity contribution < 1.29 is 18.3 Å². The Balaban J connectivity index is 1.52. The third-order valence-electron chi connectivity index (χ3n) is 5.81. The van der Waals surface area contributed by atoms with Crippen molar-refractivity contribution >= 4 is 38.7 Å². The zero-order valence-electron chi connectivity index (χ0n) is 16.8. The molecule has 0 amide bonds. The van der Waals surface area contributed by atoms with Gasteiger partial charge in [0.1, 0.15) is 4.21 Å². The number of nitrogens with one attached hydrogen (secondary N) is 1. The lowest BCUT2D eigenvalue weighted by atomic mass is 9.96. The molecule has 0 aliphatic carbocycles. The maximum atomic E-state index is 12.5. The van der Waals surface area contributed by atoms with Crippen LogP contribution in [0.1, 0.15) is 36.0 Å². The number of rotatable bonds is 7. The summed E-state index contributed by atoms with van der Waals surface area (Å²) in [6.45, 7) is 5.04. The molecule has 2 aliphatic rings. The highest BCUT2D eigenvalue weighted by Crippen LogP contribution is 2.30. The molecule has 4 rings (SSSR count). The van der Waals surface area contributed by atoms with Gasteiger partial charge in [0.15, 0.2) is 0 Å². The molecule has 2 N–H and O–H groups in total. The molecule has 0 spiro atoms. The smallest absolute Gasteiger partial charge is 0.337 e. The van der Waals surface area contributed by atoms with Gasteiger partial charge in [0.2, 0.25) is 0 Å². The van der Waals surface area contributed by atoms with E-state index < -0.39 is 16.0 Å². The normalized spacial score (nSPS) is 20.4. The van der Waals surface area contributed by atoms with Gasteiger partial charge in [-0.25, -0.2) is 13.2 Å². The summed E-state index contributed by atoms with van der Waals surface area (Å²) in [6.07, 6.45) is 4.73. The fourth-order valence-corrected chi connectivity index (χ4v) is 6.47. The van der Waals surface area contributed by atoms with E-state index in [1.807, 2.05) is 0 Å². The van der Waals surface area contributed by atoms with Gasteiger partial charge in [0.25, 0.3) is 10.0 Å². The predicted molar refractivity (Wildman–Crippen MR) is 119 cm³/mol. The van der Waals surface area contributed by atoms with Crippen molar-refractivity contribution in [2.45, 2.75) is 29.9 Å². The second kappa shape index (κ2) is 8.95. The van der Waals surface area contributed by atoms with E-state index in [4.69, 9.17) is 0 Å². The predicted octanol–water partition coefficient (Wildman–Crippen LogP) is 3.56. The zero-order chi connectivity index (χ0) is 21.1. The van der Waals surface area contributed by atoms with Gasteiger partial charge in [-0.1, -0.05) is 6.07 Å². The quantitative estimate of drug-likeness (QED) is 0.672. The molecular formula is C21H27N3O4S2. The summed E-state index contributed by atoms with van der Waals surface area (Å²) in [4.78, 5) is 16.6. The molecule has 2 saturated heterocycles. The highest BCUT2D eigenvalue weighted by Gasteiger charge is 2.26. The Morgan fingerprint density at radius 3 is 2.67 bits per heavy atom. The molecule has 0 saturated carbocycles. The summed E-state index contributed by atoms with van der Waals surface area (Å²) < 4.78 is 27.6. The number of hydrogen-bond donors (Lipinski definition) is 2. The Morgan fingerprint density at radius 2 is 1.97 bits per heavy atom. The summed E-state index contributed by atoms with van der Waals surface area (Å²) in [5.41, 5.74) is 1.05. The minimum absolute atomic E-state index is 0.128. The molecule has 1 atom stereocenters. The van der Waals surface area contributed by atoms with Crippen LogP contribution in [0, 0.1) is 5.92 Å². The number of thiophene rings is 1. The second-order valence-electron chi connectivity index (χ2n) is 8.04. The van der Waals surface area contributed by atoms with Crippen LogP contribution in [0.3, 0.4) is 0 Å². The van der Waals surface area contributed by atoms with Crippen LogP contribution >= 0.6 is 11.3 Å². The minimum atomic E-state index is -3.72. The van der Waals surface area contributed by atoms with Crippen molar-refractivity contribution in [3.05, 3.63) is 41.3 Å². The van der Waals surface area contributed by atoms with Gasteiger partial charge < -0.3 is 14.9 Å². The van der Waals surface area contributed by atoms with E-state index in [-0.39, 0.29) is 15.5 Å². The Hall–Kier alpha value is -2.10. The van der Waals surface area contributed by atoms with Crippen LogP contribution in [-0.2, 0) is 10.0 Å². The molecule has 3 heterocycles. The maximum Gasteiger partial charge on any atom is 0.337 e. The van der Waals surface area contributed by atoms with Crippen molar-refractivity contribution in [3.8, 4) is 0 Å². The number of piperidine rings is 1. The van der Waals surface area contributed by atoms with E-state index in [0.717, 1.165) is 56.9 Å². The molecule has 1 aromatic heterocycles. The van der Waals surface area contributed by atoms with Gasteiger partial charge in [0, 0.05) is 25.3 Å². The van der Waals surface area contributed by atoms with Gasteiger partial charge in [0.05, 0.1) is 11.3 Å². The molecule has 2 aromatic rings. The van der Waals surface area contributed by atoms with Gasteiger partial charge in [-0.15, -0.1) is 11.3 Å². The van der Waals surface area contributed by atoms with Crippen LogP contribution in [0.2, 0.25) is 0 Å². The number of carbonyl (C=O) groups is 1. The number of likely N-dealkylation sites (tertiary alicyclic amines) is 1. The number of carboxylic acid groups (broad SMARTS) is 1. The Bertz CT molecular complexity index is 986. The van der Waals surface area contributed by atoms with Gasteiger partial charge in [-0.3, -0.25) is 4.72 Å². The summed E-state index contributed by atoms with van der Waals surface area (Å²) in [5, 5.41) is 11.5. The van der Waals surface area contributed by atoms with Crippen molar-refractivity contribution in [2.24, 2.45) is 5.92 Å². The first kappa shape index (κ1) is 21.1. The SMILES string of the molecule is O=C(O)c1cc(NS(=O)(=O)c2cccs2)ccc1N1CCC[C@H](CN2CCCC2)C1. The Morgan fingerprint density at radius 1 is 1.17 bits per heavy atom. The van der Waals surface area contributed by atoms with E-state index in [0.29, 0.717) is 11.6 Å². The third kappa shape index (κ3) is 4.79. The van der Waals surface area contributed by atoms with Gasteiger partial charge >= 0.3 is 5.97 Å². The molecule has 2 aliphatic heterocycles. The standard InChI is InChI=1S/C21H27N3O4S2/c25-21(26)18-13-17(22-30(27,28)20-6-4-12-29-20)7-8-19(18)24-11-3-5-16(15-24)14-23-9-1-2-10-23/h4,6-8,12-13,16,22H,1-3,5,9-11,14-15H2,(H,25,26)/t16-/m1/s1. The molecule has 0 unspecified atom stereocenters. The van der Waals surface area contributed by atoms with Crippen LogP contribution in [0.5, 0.6) is 0 Å². The lowest BCUT2D eigenvalue weighted by molar-refractivity contribution is 0.0697. The van der Waals surface area contributed by atoms with Crippen LogP contribution in [0.25, 0.3) is 0 Å². The molecule has 2 fully saturated rings. The first-order valence-corrected chi connectivity index (χ1v) is 12.7. The molecule has 9 heteroatoms. The molecule has 1 aromatic carbocycles. The lowest BCUT2D eigenvalue weighted by Crippen LogP contribution is -2.41. The largest absolute Gasteiger partial charge is 0.478 e. The topological polar surface area (TPSA) is 89.9 Å². The molecule has 0 radical (unpaired) electrons. The van der Waals surface area contributed by atoms with E-state index in [1.165, 1.54) is 25.0 Å². The average Bonchev–Trinajstić information content (AvgIpc) is 3.42. The molecule has 0 bridgehead atoms. The zero-order valence-corrected chi connectivity index (χ0v) is 18.4. The molecule has 162 valence electrons. The van der Waals surface area contributed by atoms with Crippen LogP contribution in [0.15, 0.2) is 39.9 Å². The summed E-state index contributed by atoms with van der Waals surface area (Å²) in [5.74, 6) is -0.528. The van der Waals surface area contributed by atoms with E-state index in [1.54, 1.807) is 23.6 Å². The second-order valence-corrected chi connectivity index (χ2v) is 10.9. The van der Waals surface area contributed by atoms with E-state index >= 15 is 0 Å². The molecule has 7 nitrogen and oxygen atoms in total. The van der Waals surface area contributed by atoms with E-state index in [9.17, 15) is 18.3 Å². The average molecular weight is 450 g/mol. The number of sulfonamides is 1. The van der Waals surface area contributed by atoms with Crippen molar-refractivity contribution in [1.29, 1.82) is 0 Å². The fraction of sp³-hybridized carbons (Fsp3) is 0.476. The molecule has 30 heavy (non-hydrogen) atoms. The van der Waals surface area contributed by atoms with Gasteiger partial charge in [-0.2, -0.15) is 0 Å². The highest BCUT2D eigenvalue weighted by atomic mass is 32.2. The Kier molecular flexibility index (Phi) is 6.31.